The lowest BCUT2D eigenvalue weighted by molar-refractivity contribution is -0.0128. The molecule has 3 unspecified atom stereocenters. The first-order chi connectivity index (χ1) is 11.3. The van der Waals surface area contributed by atoms with Crippen LogP contribution >= 0.6 is 0 Å². The quantitative estimate of drug-likeness (QED) is 0.889. The molecular weight excluding hydrogens is 286 g/mol. The number of hydrogen-bond acceptors (Lipinski definition) is 3. The number of aliphatic hydroxyl groups is 1. The van der Waals surface area contributed by atoms with E-state index in [-0.39, 0.29) is 0 Å². The molecule has 4 rings (SSSR count). The van der Waals surface area contributed by atoms with Gasteiger partial charge in [-0.3, -0.25) is 0 Å². The molecular formula is C20H25NO2. The van der Waals surface area contributed by atoms with Crippen LogP contribution in [0.3, 0.4) is 0 Å². The van der Waals surface area contributed by atoms with Gasteiger partial charge in [0.05, 0.1) is 12.2 Å². The van der Waals surface area contributed by atoms with Crippen molar-refractivity contribution in [3.63, 3.8) is 0 Å². The Morgan fingerprint density at radius 2 is 1.91 bits per heavy atom. The van der Waals surface area contributed by atoms with Crippen molar-refractivity contribution in [2.45, 2.75) is 43.9 Å². The van der Waals surface area contributed by atoms with Crippen molar-refractivity contribution in [1.82, 2.24) is 5.32 Å². The maximum atomic E-state index is 10.5. The van der Waals surface area contributed by atoms with Crippen LogP contribution in [0, 0.1) is 5.92 Å². The van der Waals surface area contributed by atoms with Crippen LogP contribution in [0.25, 0.3) is 10.8 Å². The lowest BCUT2D eigenvalue weighted by Gasteiger charge is -2.31. The van der Waals surface area contributed by atoms with Crippen LogP contribution in [0.15, 0.2) is 42.5 Å². The maximum absolute atomic E-state index is 10.5. The minimum Gasteiger partial charge on any atom is -0.387 e. The lowest BCUT2D eigenvalue weighted by atomic mass is 9.99. The highest BCUT2D eigenvalue weighted by Crippen LogP contribution is 2.38. The Morgan fingerprint density at radius 1 is 1.09 bits per heavy atom. The summed E-state index contributed by atoms with van der Waals surface area (Å²) in [4.78, 5) is 0. The number of benzene rings is 2. The van der Waals surface area contributed by atoms with Crippen molar-refractivity contribution in [3.05, 3.63) is 48.0 Å². The average molecular weight is 311 g/mol. The van der Waals surface area contributed by atoms with E-state index < -0.39 is 6.10 Å². The molecule has 1 heterocycles. The van der Waals surface area contributed by atoms with Gasteiger partial charge < -0.3 is 15.2 Å². The van der Waals surface area contributed by atoms with Gasteiger partial charge in [-0.05, 0) is 54.0 Å². The molecule has 1 saturated carbocycles. The molecule has 2 aromatic carbocycles. The van der Waals surface area contributed by atoms with E-state index in [1.54, 1.807) is 0 Å². The highest BCUT2D eigenvalue weighted by Gasteiger charge is 2.35. The zero-order valence-corrected chi connectivity index (χ0v) is 13.4. The normalized spacial score (nSPS) is 26.3. The highest BCUT2D eigenvalue weighted by atomic mass is 16.5. The maximum Gasteiger partial charge on any atom is 0.0914 e. The zero-order chi connectivity index (χ0) is 15.6. The van der Waals surface area contributed by atoms with Gasteiger partial charge in [-0.2, -0.15) is 0 Å². The molecule has 1 aliphatic carbocycles. The van der Waals surface area contributed by atoms with E-state index in [9.17, 15) is 5.11 Å². The average Bonchev–Trinajstić information content (AvgIpc) is 3.44. The molecule has 0 amide bonds. The summed E-state index contributed by atoms with van der Waals surface area (Å²) in [6.07, 6.45) is 4.79. The molecule has 1 aliphatic heterocycles. The fraction of sp³-hybridized carbons (Fsp3) is 0.500. The Kier molecular flexibility index (Phi) is 4.34. The van der Waals surface area contributed by atoms with Crippen molar-refractivity contribution in [1.29, 1.82) is 0 Å². The van der Waals surface area contributed by atoms with Crippen molar-refractivity contribution in [3.8, 4) is 0 Å². The molecule has 3 nitrogen and oxygen atoms in total. The van der Waals surface area contributed by atoms with Crippen LogP contribution in [0.2, 0.25) is 0 Å². The lowest BCUT2D eigenvalue weighted by Crippen LogP contribution is -2.41. The van der Waals surface area contributed by atoms with E-state index in [2.05, 4.69) is 29.6 Å². The summed E-state index contributed by atoms with van der Waals surface area (Å²) < 4.78 is 5.87. The van der Waals surface area contributed by atoms with Crippen molar-refractivity contribution in [2.24, 2.45) is 5.92 Å². The summed E-state index contributed by atoms with van der Waals surface area (Å²) in [6.45, 7) is 1.46. The predicted octanol–water partition coefficient (Wildman–Crippen LogP) is 3.42. The van der Waals surface area contributed by atoms with E-state index in [1.807, 2.05) is 18.2 Å². The molecule has 2 N–H and O–H groups in total. The minimum absolute atomic E-state index is 0.444. The first-order valence-electron chi connectivity index (χ1n) is 8.81. The van der Waals surface area contributed by atoms with Crippen LogP contribution in [0.1, 0.15) is 37.4 Å². The second-order valence-electron chi connectivity index (χ2n) is 7.00. The molecule has 0 bridgehead atoms. The molecule has 0 aromatic heterocycles. The second-order valence-corrected chi connectivity index (χ2v) is 7.00. The molecule has 3 atom stereocenters. The van der Waals surface area contributed by atoms with Crippen LogP contribution in [0.5, 0.6) is 0 Å². The molecule has 1 saturated heterocycles. The first-order valence-corrected chi connectivity index (χ1v) is 8.81. The fourth-order valence-corrected chi connectivity index (χ4v) is 3.62. The van der Waals surface area contributed by atoms with Crippen LogP contribution < -0.4 is 5.32 Å². The zero-order valence-electron chi connectivity index (χ0n) is 13.4. The summed E-state index contributed by atoms with van der Waals surface area (Å²) >= 11 is 0. The third-order valence-electron chi connectivity index (χ3n) is 5.22. The van der Waals surface area contributed by atoms with E-state index in [1.165, 1.54) is 23.6 Å². The summed E-state index contributed by atoms with van der Waals surface area (Å²) in [5.41, 5.74) is 0.988. The predicted molar refractivity (Wildman–Crippen MR) is 92.4 cm³/mol. The molecule has 23 heavy (non-hydrogen) atoms. The van der Waals surface area contributed by atoms with Gasteiger partial charge in [0.15, 0.2) is 0 Å². The van der Waals surface area contributed by atoms with Gasteiger partial charge in [0, 0.05) is 19.2 Å². The van der Waals surface area contributed by atoms with E-state index in [0.717, 1.165) is 30.9 Å². The largest absolute Gasteiger partial charge is 0.387 e. The molecule has 2 fully saturated rings. The summed E-state index contributed by atoms with van der Waals surface area (Å²) in [5, 5.41) is 16.5. The number of aliphatic hydroxyl groups excluding tert-OH is 1. The number of ether oxygens (including phenoxy) is 1. The van der Waals surface area contributed by atoms with Gasteiger partial charge in [-0.1, -0.05) is 36.4 Å². The van der Waals surface area contributed by atoms with E-state index >= 15 is 0 Å². The summed E-state index contributed by atoms with van der Waals surface area (Å²) in [6, 6.07) is 15.0. The molecule has 122 valence electrons. The molecule has 0 spiro atoms. The van der Waals surface area contributed by atoms with Gasteiger partial charge in [0.2, 0.25) is 0 Å². The van der Waals surface area contributed by atoms with Crippen LogP contribution in [-0.4, -0.2) is 30.4 Å². The Hall–Kier alpha value is -1.42. The Labute approximate surface area is 137 Å². The van der Waals surface area contributed by atoms with Crippen molar-refractivity contribution in [2.75, 3.05) is 13.2 Å². The highest BCUT2D eigenvalue weighted by molar-refractivity contribution is 5.83. The van der Waals surface area contributed by atoms with Crippen molar-refractivity contribution >= 4 is 10.8 Å². The number of nitrogens with one attached hydrogen (secondary N) is 1. The number of fused-ring (bicyclic) bond motifs is 1. The van der Waals surface area contributed by atoms with E-state index in [4.69, 9.17) is 4.74 Å². The van der Waals surface area contributed by atoms with E-state index in [0.29, 0.717) is 18.7 Å². The molecule has 0 radical (unpaired) electrons. The number of rotatable bonds is 5. The summed E-state index contributed by atoms with van der Waals surface area (Å²) in [7, 11) is 0. The molecule has 2 aliphatic rings. The van der Waals surface area contributed by atoms with Gasteiger partial charge in [0.25, 0.3) is 0 Å². The smallest absolute Gasteiger partial charge is 0.0914 e. The van der Waals surface area contributed by atoms with Gasteiger partial charge in [-0.25, -0.2) is 0 Å². The third-order valence-corrected chi connectivity index (χ3v) is 5.22. The Bertz CT molecular complexity index is 667. The Morgan fingerprint density at radius 3 is 2.74 bits per heavy atom. The first kappa shape index (κ1) is 15.1. The van der Waals surface area contributed by atoms with Crippen molar-refractivity contribution < 1.29 is 9.84 Å². The molecule has 2 aromatic rings. The third kappa shape index (κ3) is 3.57. The monoisotopic (exact) mass is 311 g/mol. The van der Waals surface area contributed by atoms with Gasteiger partial charge in [0.1, 0.15) is 0 Å². The number of hydrogen-bond donors (Lipinski definition) is 2. The fourth-order valence-electron chi connectivity index (χ4n) is 3.62. The topological polar surface area (TPSA) is 41.5 Å². The van der Waals surface area contributed by atoms with Gasteiger partial charge >= 0.3 is 0 Å². The minimum atomic E-state index is -0.457. The summed E-state index contributed by atoms with van der Waals surface area (Å²) in [5.74, 6) is 0.796. The van der Waals surface area contributed by atoms with Gasteiger partial charge in [-0.15, -0.1) is 0 Å². The second kappa shape index (κ2) is 6.60. The SMILES string of the molecule is OC(CNC1CCOC(C2CC2)C1)c1ccc2ccccc2c1. The standard InChI is InChI=1S/C20H25NO2/c22-19(17-8-5-14-3-1-2-4-16(14)11-17)13-21-18-9-10-23-20(12-18)15-6-7-15/h1-5,8,11,15,18-22H,6-7,9-10,12-13H2. The molecule has 3 heteroatoms. The van der Waals surface area contributed by atoms with Crippen LogP contribution in [-0.2, 0) is 4.74 Å². The van der Waals surface area contributed by atoms with Crippen LogP contribution in [0.4, 0.5) is 0 Å². The Balaban J connectivity index is 1.35.